The summed E-state index contributed by atoms with van der Waals surface area (Å²) in [5, 5.41) is 3.52. The maximum absolute atomic E-state index is 13.1. The molecule has 0 aromatic heterocycles. The van der Waals surface area contributed by atoms with Crippen LogP contribution in [0.25, 0.3) is 0 Å². The van der Waals surface area contributed by atoms with E-state index in [1.165, 1.54) is 19.3 Å². The quantitative estimate of drug-likeness (QED) is 0.839. The average molecular weight is 280 g/mol. The first-order valence-corrected chi connectivity index (χ1v) is 8.60. The molecule has 20 heavy (non-hydrogen) atoms. The fourth-order valence-electron chi connectivity index (χ4n) is 4.29. The van der Waals surface area contributed by atoms with E-state index < -0.39 is 0 Å². The zero-order valence-corrected chi connectivity index (χ0v) is 13.6. The van der Waals surface area contributed by atoms with Gasteiger partial charge in [-0.2, -0.15) is 0 Å². The lowest BCUT2D eigenvalue weighted by atomic mass is 9.77. The summed E-state index contributed by atoms with van der Waals surface area (Å²) in [6.45, 7) is 9.56. The second-order valence-corrected chi connectivity index (χ2v) is 7.23. The van der Waals surface area contributed by atoms with E-state index in [-0.39, 0.29) is 5.41 Å². The molecule has 0 spiro atoms. The number of rotatable bonds is 5. The summed E-state index contributed by atoms with van der Waals surface area (Å²) in [5.41, 5.74) is -0.0255. The van der Waals surface area contributed by atoms with Gasteiger partial charge in [-0.1, -0.05) is 33.6 Å². The second kappa shape index (κ2) is 6.93. The highest BCUT2D eigenvalue weighted by Gasteiger charge is 2.44. The third-order valence-corrected chi connectivity index (χ3v) is 5.01. The van der Waals surface area contributed by atoms with Crippen LogP contribution in [0, 0.1) is 11.3 Å². The van der Waals surface area contributed by atoms with E-state index in [0.717, 1.165) is 45.3 Å². The van der Waals surface area contributed by atoms with Crippen LogP contribution >= 0.6 is 0 Å². The summed E-state index contributed by atoms with van der Waals surface area (Å²) in [7, 11) is 0. The SMILES string of the molecule is CCNC1CCCN(C(=O)C2(CC(C)C)CCCC2)C1. The molecule has 2 rings (SSSR count). The largest absolute Gasteiger partial charge is 0.341 e. The van der Waals surface area contributed by atoms with Gasteiger partial charge in [-0.3, -0.25) is 4.79 Å². The van der Waals surface area contributed by atoms with Gasteiger partial charge < -0.3 is 10.2 Å². The minimum Gasteiger partial charge on any atom is -0.341 e. The van der Waals surface area contributed by atoms with Crippen LogP contribution in [-0.2, 0) is 4.79 Å². The summed E-state index contributed by atoms with van der Waals surface area (Å²) < 4.78 is 0. The zero-order valence-electron chi connectivity index (χ0n) is 13.6. The molecule has 1 saturated carbocycles. The molecule has 1 amide bonds. The Morgan fingerprint density at radius 1 is 1.30 bits per heavy atom. The van der Waals surface area contributed by atoms with Gasteiger partial charge in [0.05, 0.1) is 0 Å². The van der Waals surface area contributed by atoms with Crippen LogP contribution in [0.15, 0.2) is 0 Å². The first kappa shape index (κ1) is 15.8. The number of nitrogens with one attached hydrogen (secondary N) is 1. The highest BCUT2D eigenvalue weighted by atomic mass is 16.2. The van der Waals surface area contributed by atoms with Crippen molar-refractivity contribution < 1.29 is 4.79 Å². The highest BCUT2D eigenvalue weighted by Crippen LogP contribution is 2.45. The zero-order chi connectivity index (χ0) is 14.6. The Morgan fingerprint density at radius 2 is 2.00 bits per heavy atom. The van der Waals surface area contributed by atoms with E-state index >= 15 is 0 Å². The van der Waals surface area contributed by atoms with Gasteiger partial charge >= 0.3 is 0 Å². The topological polar surface area (TPSA) is 32.3 Å². The van der Waals surface area contributed by atoms with Crippen molar-refractivity contribution in [1.82, 2.24) is 10.2 Å². The molecular formula is C17H32N2O. The second-order valence-electron chi connectivity index (χ2n) is 7.23. The molecule has 2 fully saturated rings. The van der Waals surface area contributed by atoms with E-state index in [4.69, 9.17) is 0 Å². The van der Waals surface area contributed by atoms with Crippen molar-refractivity contribution in [2.45, 2.75) is 71.8 Å². The van der Waals surface area contributed by atoms with E-state index in [1.54, 1.807) is 0 Å². The Hall–Kier alpha value is -0.570. The van der Waals surface area contributed by atoms with Gasteiger partial charge in [0.2, 0.25) is 5.91 Å². The summed E-state index contributed by atoms with van der Waals surface area (Å²) in [4.78, 5) is 15.3. The molecule has 0 aromatic carbocycles. The summed E-state index contributed by atoms with van der Waals surface area (Å²) in [5.74, 6) is 1.08. The molecule has 1 aliphatic heterocycles. The number of likely N-dealkylation sites (tertiary alicyclic amines) is 1. The molecule has 1 unspecified atom stereocenters. The average Bonchev–Trinajstić information content (AvgIpc) is 2.87. The van der Waals surface area contributed by atoms with Crippen molar-refractivity contribution in [2.24, 2.45) is 11.3 Å². The number of hydrogen-bond donors (Lipinski definition) is 1. The summed E-state index contributed by atoms with van der Waals surface area (Å²) in [6.07, 6.45) is 8.16. The van der Waals surface area contributed by atoms with Gasteiger partial charge in [-0.25, -0.2) is 0 Å². The van der Waals surface area contributed by atoms with Crippen LogP contribution in [0.5, 0.6) is 0 Å². The van der Waals surface area contributed by atoms with Gasteiger partial charge in [0.25, 0.3) is 0 Å². The van der Waals surface area contributed by atoms with Crippen molar-refractivity contribution in [1.29, 1.82) is 0 Å². The van der Waals surface area contributed by atoms with Crippen LogP contribution in [0.1, 0.15) is 65.7 Å². The molecule has 3 nitrogen and oxygen atoms in total. The van der Waals surface area contributed by atoms with Gasteiger partial charge in [0.1, 0.15) is 0 Å². The third kappa shape index (κ3) is 3.55. The van der Waals surface area contributed by atoms with Crippen molar-refractivity contribution in [2.75, 3.05) is 19.6 Å². The molecule has 1 N–H and O–H groups in total. The molecule has 3 heteroatoms. The van der Waals surface area contributed by atoms with Gasteiger partial charge in [0, 0.05) is 24.5 Å². The normalized spacial score (nSPS) is 26.2. The first-order valence-electron chi connectivity index (χ1n) is 8.60. The Labute approximate surface area is 124 Å². The van der Waals surface area contributed by atoms with Crippen LogP contribution in [-0.4, -0.2) is 36.5 Å². The lowest BCUT2D eigenvalue weighted by Crippen LogP contribution is -2.52. The predicted molar refractivity (Wildman–Crippen MR) is 83.6 cm³/mol. The molecule has 1 saturated heterocycles. The number of hydrogen-bond acceptors (Lipinski definition) is 2. The van der Waals surface area contributed by atoms with Crippen LogP contribution in [0.4, 0.5) is 0 Å². The molecule has 1 heterocycles. The molecule has 1 atom stereocenters. The summed E-state index contributed by atoms with van der Waals surface area (Å²) >= 11 is 0. The lowest BCUT2D eigenvalue weighted by Gasteiger charge is -2.40. The van der Waals surface area contributed by atoms with Gasteiger partial charge in [-0.15, -0.1) is 0 Å². The van der Waals surface area contributed by atoms with E-state index in [0.29, 0.717) is 17.9 Å². The molecule has 116 valence electrons. The van der Waals surface area contributed by atoms with Crippen molar-refractivity contribution in [3.63, 3.8) is 0 Å². The lowest BCUT2D eigenvalue weighted by molar-refractivity contribution is -0.144. The number of carbonyl (C=O) groups excluding carboxylic acids is 1. The summed E-state index contributed by atoms with van der Waals surface area (Å²) in [6, 6.07) is 0.509. The fraction of sp³-hybridized carbons (Fsp3) is 0.941. The highest BCUT2D eigenvalue weighted by molar-refractivity contribution is 5.83. The maximum atomic E-state index is 13.1. The van der Waals surface area contributed by atoms with E-state index in [9.17, 15) is 4.79 Å². The van der Waals surface area contributed by atoms with Crippen molar-refractivity contribution >= 4 is 5.91 Å². The Balaban J connectivity index is 2.03. The molecular weight excluding hydrogens is 248 g/mol. The molecule has 0 aromatic rings. The van der Waals surface area contributed by atoms with Crippen LogP contribution in [0.2, 0.25) is 0 Å². The predicted octanol–water partition coefficient (Wildman–Crippen LogP) is 3.19. The monoisotopic (exact) mass is 280 g/mol. The molecule has 2 aliphatic rings. The molecule has 0 radical (unpaired) electrons. The number of likely N-dealkylation sites (N-methyl/N-ethyl adjacent to an activating group) is 1. The maximum Gasteiger partial charge on any atom is 0.228 e. The van der Waals surface area contributed by atoms with Crippen LogP contribution < -0.4 is 5.32 Å². The van der Waals surface area contributed by atoms with Crippen molar-refractivity contribution in [3.8, 4) is 0 Å². The van der Waals surface area contributed by atoms with Gasteiger partial charge in [0.15, 0.2) is 0 Å². The smallest absolute Gasteiger partial charge is 0.228 e. The van der Waals surface area contributed by atoms with E-state index in [1.807, 2.05) is 0 Å². The standard InChI is InChI=1S/C17H32N2O/c1-4-18-15-8-7-11-19(13-15)16(20)17(12-14(2)3)9-5-6-10-17/h14-15,18H,4-13H2,1-3H3. The van der Waals surface area contributed by atoms with Crippen LogP contribution in [0.3, 0.4) is 0 Å². The number of nitrogens with zero attached hydrogens (tertiary/aromatic N) is 1. The number of carbonyl (C=O) groups is 1. The van der Waals surface area contributed by atoms with Gasteiger partial charge in [-0.05, 0) is 44.6 Å². The fourth-order valence-corrected chi connectivity index (χ4v) is 4.29. The Morgan fingerprint density at radius 3 is 2.60 bits per heavy atom. The molecule has 1 aliphatic carbocycles. The first-order chi connectivity index (χ1) is 9.57. The van der Waals surface area contributed by atoms with Crippen molar-refractivity contribution in [3.05, 3.63) is 0 Å². The number of amides is 1. The third-order valence-electron chi connectivity index (χ3n) is 5.01. The number of piperidine rings is 1. The van der Waals surface area contributed by atoms with E-state index in [2.05, 4.69) is 31.0 Å². The minimum atomic E-state index is -0.0255. The minimum absolute atomic E-state index is 0.0255. The Bertz CT molecular complexity index is 319. The molecule has 0 bridgehead atoms. The Kier molecular flexibility index (Phi) is 5.48.